The second kappa shape index (κ2) is 5.93. The third kappa shape index (κ3) is 2.69. The van der Waals surface area contributed by atoms with Crippen molar-refractivity contribution in [1.29, 1.82) is 0 Å². The van der Waals surface area contributed by atoms with Crippen molar-refractivity contribution in [3.05, 3.63) is 11.6 Å². The lowest BCUT2D eigenvalue weighted by Gasteiger charge is -2.37. The van der Waals surface area contributed by atoms with Gasteiger partial charge in [-0.25, -0.2) is 0 Å². The smallest absolute Gasteiger partial charge is 0.147 e. The Hall–Kier alpha value is -0.940. The van der Waals surface area contributed by atoms with Gasteiger partial charge in [0.1, 0.15) is 11.6 Å². The van der Waals surface area contributed by atoms with E-state index in [1.807, 2.05) is 0 Å². The highest BCUT2D eigenvalue weighted by molar-refractivity contribution is 5.03. The molecule has 1 aromatic rings. The summed E-state index contributed by atoms with van der Waals surface area (Å²) in [5, 5.41) is 19.2. The van der Waals surface area contributed by atoms with Gasteiger partial charge in [0.2, 0.25) is 0 Å². The molecule has 3 atom stereocenters. The van der Waals surface area contributed by atoms with Crippen molar-refractivity contribution in [2.75, 3.05) is 6.54 Å². The summed E-state index contributed by atoms with van der Waals surface area (Å²) in [7, 11) is 0. The van der Waals surface area contributed by atoms with E-state index in [9.17, 15) is 5.11 Å². The minimum absolute atomic E-state index is 0.0950. The van der Waals surface area contributed by atoms with Crippen LogP contribution >= 0.6 is 0 Å². The number of hydrogen-bond donors (Lipinski definition) is 1. The summed E-state index contributed by atoms with van der Waals surface area (Å²) >= 11 is 0. The van der Waals surface area contributed by atoms with Crippen LogP contribution in [0.15, 0.2) is 0 Å². The third-order valence-electron chi connectivity index (χ3n) is 5.88. The van der Waals surface area contributed by atoms with Crippen LogP contribution in [0.3, 0.4) is 0 Å². The first-order valence-corrected chi connectivity index (χ1v) is 9.06. The molecule has 3 fully saturated rings. The summed E-state index contributed by atoms with van der Waals surface area (Å²) in [5.41, 5.74) is 0. The molecular formula is C17H28N4O. The number of aryl methyl sites for hydroxylation is 1. The number of nitrogens with zero attached hydrogens (tertiary/aromatic N) is 4. The number of likely N-dealkylation sites (tertiary alicyclic amines) is 1. The Balaban J connectivity index is 1.49. The fourth-order valence-corrected chi connectivity index (χ4v) is 4.63. The van der Waals surface area contributed by atoms with Gasteiger partial charge in [0, 0.05) is 18.0 Å². The van der Waals surface area contributed by atoms with E-state index in [4.69, 9.17) is 0 Å². The molecule has 0 spiro atoms. The van der Waals surface area contributed by atoms with Gasteiger partial charge in [-0.05, 0) is 52.0 Å². The molecule has 2 heterocycles. The summed E-state index contributed by atoms with van der Waals surface area (Å²) in [6, 6.07) is 1.19. The van der Waals surface area contributed by atoms with Crippen LogP contribution in [0, 0.1) is 12.8 Å². The van der Waals surface area contributed by atoms with Crippen LogP contribution in [-0.2, 0) is 6.54 Å². The van der Waals surface area contributed by atoms with Crippen LogP contribution in [0.2, 0.25) is 0 Å². The lowest BCUT2D eigenvalue weighted by molar-refractivity contribution is 0.0193. The summed E-state index contributed by atoms with van der Waals surface area (Å²) in [4.78, 5) is 2.57. The maximum Gasteiger partial charge on any atom is 0.147 e. The van der Waals surface area contributed by atoms with Crippen LogP contribution in [0.25, 0.3) is 0 Å². The average Bonchev–Trinajstić information content (AvgIpc) is 3.13. The minimum Gasteiger partial charge on any atom is -0.393 e. The Bertz CT molecular complexity index is 525. The summed E-state index contributed by atoms with van der Waals surface area (Å²) in [5.74, 6) is 2.66. The van der Waals surface area contributed by atoms with Gasteiger partial charge in [0.25, 0.3) is 0 Å². The van der Waals surface area contributed by atoms with Gasteiger partial charge < -0.3 is 9.67 Å². The molecule has 22 heavy (non-hydrogen) atoms. The fraction of sp³-hybridized carbons (Fsp3) is 0.882. The van der Waals surface area contributed by atoms with Crippen molar-refractivity contribution in [2.45, 2.75) is 83.0 Å². The van der Waals surface area contributed by atoms with Crippen LogP contribution in [-0.4, -0.2) is 43.5 Å². The summed E-state index contributed by atoms with van der Waals surface area (Å²) in [6.07, 6.45) is 9.60. The van der Waals surface area contributed by atoms with Crippen molar-refractivity contribution in [1.82, 2.24) is 19.7 Å². The molecule has 1 aromatic heterocycles. The molecule has 1 saturated heterocycles. The normalized spacial score (nSPS) is 33.5. The topological polar surface area (TPSA) is 54.2 Å². The van der Waals surface area contributed by atoms with Gasteiger partial charge in [-0.15, -0.1) is 10.2 Å². The van der Waals surface area contributed by atoms with Gasteiger partial charge >= 0.3 is 0 Å². The third-order valence-corrected chi connectivity index (χ3v) is 5.88. The monoisotopic (exact) mass is 304 g/mol. The zero-order valence-electron chi connectivity index (χ0n) is 13.6. The maximum atomic E-state index is 10.4. The first kappa shape index (κ1) is 14.6. The molecule has 5 nitrogen and oxygen atoms in total. The molecule has 1 aliphatic heterocycles. The Morgan fingerprint density at radius 3 is 2.64 bits per heavy atom. The first-order chi connectivity index (χ1) is 10.7. The second-order valence-corrected chi connectivity index (χ2v) is 7.46. The first-order valence-electron chi connectivity index (χ1n) is 9.06. The SMILES string of the molecule is Cc1nnc(CN2CCC[C@@H]2[C@H]2CCCC[C@H]2O)n1C1CC1. The van der Waals surface area contributed by atoms with Crippen LogP contribution < -0.4 is 0 Å². The van der Waals surface area contributed by atoms with E-state index in [2.05, 4.69) is 26.6 Å². The van der Waals surface area contributed by atoms with Crippen molar-refractivity contribution in [3.8, 4) is 0 Å². The van der Waals surface area contributed by atoms with Gasteiger partial charge in [-0.1, -0.05) is 12.8 Å². The van der Waals surface area contributed by atoms with Crippen molar-refractivity contribution in [3.63, 3.8) is 0 Å². The van der Waals surface area contributed by atoms with E-state index in [0.717, 1.165) is 31.2 Å². The molecule has 0 unspecified atom stereocenters. The van der Waals surface area contributed by atoms with Crippen molar-refractivity contribution < 1.29 is 5.11 Å². The quantitative estimate of drug-likeness (QED) is 0.928. The summed E-state index contributed by atoms with van der Waals surface area (Å²) < 4.78 is 2.35. The Morgan fingerprint density at radius 2 is 1.86 bits per heavy atom. The molecule has 0 radical (unpaired) electrons. The van der Waals surface area contributed by atoms with Gasteiger partial charge in [-0.3, -0.25) is 4.90 Å². The minimum atomic E-state index is -0.0950. The van der Waals surface area contributed by atoms with E-state index in [1.165, 1.54) is 44.9 Å². The molecule has 3 aliphatic rings. The molecule has 2 aliphatic carbocycles. The Kier molecular flexibility index (Phi) is 3.95. The van der Waals surface area contributed by atoms with Crippen LogP contribution in [0.4, 0.5) is 0 Å². The summed E-state index contributed by atoms with van der Waals surface area (Å²) in [6.45, 7) is 4.12. The number of aromatic nitrogens is 3. The van der Waals surface area contributed by atoms with Gasteiger partial charge in [0.15, 0.2) is 0 Å². The number of aliphatic hydroxyl groups excluding tert-OH is 1. The van der Waals surface area contributed by atoms with E-state index >= 15 is 0 Å². The maximum absolute atomic E-state index is 10.4. The molecule has 2 saturated carbocycles. The molecule has 0 bridgehead atoms. The molecule has 5 heteroatoms. The van der Waals surface area contributed by atoms with Crippen LogP contribution in [0.1, 0.15) is 69.1 Å². The largest absolute Gasteiger partial charge is 0.393 e. The standard InChI is InChI=1S/C17H28N4O/c1-12-18-19-17(21(12)13-8-9-13)11-20-10-4-6-15(20)14-5-2-3-7-16(14)22/h13-16,22H,2-11H2,1H3/t14-,15-,16-/m1/s1. The van der Waals surface area contributed by atoms with E-state index in [0.29, 0.717) is 18.0 Å². The number of hydrogen-bond acceptors (Lipinski definition) is 4. The zero-order valence-corrected chi connectivity index (χ0v) is 13.6. The lowest BCUT2D eigenvalue weighted by Crippen LogP contribution is -2.42. The lowest BCUT2D eigenvalue weighted by atomic mass is 9.80. The Morgan fingerprint density at radius 1 is 1.05 bits per heavy atom. The van der Waals surface area contributed by atoms with E-state index in [1.54, 1.807) is 0 Å². The predicted octanol–water partition coefficient (Wildman–Crippen LogP) is 2.44. The molecule has 4 rings (SSSR count). The zero-order chi connectivity index (χ0) is 15.1. The molecule has 1 N–H and O–H groups in total. The fourth-order valence-electron chi connectivity index (χ4n) is 4.63. The number of rotatable bonds is 4. The van der Waals surface area contributed by atoms with Gasteiger partial charge in [0.05, 0.1) is 12.6 Å². The highest BCUT2D eigenvalue weighted by Crippen LogP contribution is 2.38. The van der Waals surface area contributed by atoms with E-state index in [-0.39, 0.29) is 6.10 Å². The highest BCUT2D eigenvalue weighted by atomic mass is 16.3. The second-order valence-electron chi connectivity index (χ2n) is 7.46. The predicted molar refractivity (Wildman–Crippen MR) is 84.4 cm³/mol. The molecule has 0 amide bonds. The molecule has 122 valence electrons. The van der Waals surface area contributed by atoms with E-state index < -0.39 is 0 Å². The van der Waals surface area contributed by atoms with Gasteiger partial charge in [-0.2, -0.15) is 0 Å². The van der Waals surface area contributed by atoms with Crippen LogP contribution in [0.5, 0.6) is 0 Å². The highest BCUT2D eigenvalue weighted by Gasteiger charge is 2.38. The number of aliphatic hydroxyl groups is 1. The molecular weight excluding hydrogens is 276 g/mol. The van der Waals surface area contributed by atoms with Crippen molar-refractivity contribution >= 4 is 0 Å². The average molecular weight is 304 g/mol. The Labute approximate surface area is 132 Å². The van der Waals surface area contributed by atoms with Crippen molar-refractivity contribution in [2.24, 2.45) is 5.92 Å². The molecule has 0 aromatic carbocycles.